The quantitative estimate of drug-likeness (QED) is 0.0932. The summed E-state index contributed by atoms with van der Waals surface area (Å²) in [6, 6.07) is 47.5. The summed E-state index contributed by atoms with van der Waals surface area (Å²) in [5.74, 6) is -0.712. The molecule has 1 N–H and O–H groups in total. The predicted octanol–water partition coefficient (Wildman–Crippen LogP) is 23.1. The first kappa shape index (κ1) is 93.3. The Morgan fingerprint density at radius 3 is 1.02 bits per heavy atom. The van der Waals surface area contributed by atoms with Crippen LogP contribution in [0.25, 0.3) is 121 Å². The Bertz CT molecular complexity index is 7650. The highest BCUT2D eigenvalue weighted by molar-refractivity contribution is 6.03. The summed E-state index contributed by atoms with van der Waals surface area (Å²) in [6.07, 6.45) is 25.2. The number of aliphatic hydroxyl groups is 1. The lowest BCUT2D eigenvalue weighted by molar-refractivity contribution is -0.122. The van der Waals surface area contributed by atoms with Crippen molar-refractivity contribution < 1.29 is 41.8 Å². The largest absolute Gasteiger partial charge is 0.390 e. The molecule has 140 heavy (non-hydrogen) atoms. The number of aryl methyl sites for hydroxylation is 1. The van der Waals surface area contributed by atoms with Gasteiger partial charge in [0, 0.05) is 161 Å². The van der Waals surface area contributed by atoms with Crippen LogP contribution in [-0.2, 0) is 73.1 Å². The fraction of sp³-hybridized carbons (Fsp3) is 0.287. The Morgan fingerprint density at radius 1 is 0.350 bits per heavy atom. The van der Waals surface area contributed by atoms with E-state index < -0.39 is 21.7 Å². The number of halogens is 4. The summed E-state index contributed by atoms with van der Waals surface area (Å²) in [6.45, 7) is 47.8. The van der Waals surface area contributed by atoms with Gasteiger partial charge in [-0.15, -0.1) is 0 Å². The van der Waals surface area contributed by atoms with Crippen LogP contribution in [0.3, 0.4) is 0 Å². The minimum Gasteiger partial charge on any atom is -0.390 e. The second-order valence-electron chi connectivity index (χ2n) is 38.6. The molecule has 0 aliphatic heterocycles. The van der Waals surface area contributed by atoms with Gasteiger partial charge >= 0.3 is 0 Å². The first-order chi connectivity index (χ1) is 67.5. The molecule has 0 bridgehead atoms. The molecule has 12 atom stereocenters. The number of benzene rings is 5. The van der Waals surface area contributed by atoms with Gasteiger partial charge in [-0.25, -0.2) is 76.8 Å². The maximum atomic E-state index is 15.2. The molecule has 25 heteroatoms. The Hall–Kier alpha value is -15.7. The van der Waals surface area contributed by atoms with Crippen molar-refractivity contribution in [1.82, 2.24) is 59.8 Å². The highest BCUT2D eigenvalue weighted by Gasteiger charge is 2.55. The monoisotopic (exact) mass is 1860 g/mol. The summed E-state index contributed by atoms with van der Waals surface area (Å²) in [5, 5.41) is 9.55. The smallest absolute Gasteiger partial charge is 0.226 e. The van der Waals surface area contributed by atoms with Crippen LogP contribution in [-0.4, -0.2) is 88.0 Å². The van der Waals surface area contributed by atoms with Crippen LogP contribution < -0.4 is 0 Å². The van der Waals surface area contributed by atoms with Gasteiger partial charge in [0.15, 0.2) is 46.4 Å². The van der Waals surface area contributed by atoms with Crippen molar-refractivity contribution in [2.24, 2.45) is 47.3 Å². The molecule has 5 aromatic carbocycles. The van der Waals surface area contributed by atoms with E-state index in [0.717, 1.165) is 116 Å². The van der Waals surface area contributed by atoms with Gasteiger partial charge < -0.3 is 24.3 Å². The molecule has 8 heterocycles. The van der Waals surface area contributed by atoms with Crippen molar-refractivity contribution >= 4 is 23.1 Å². The molecular weight excluding hydrogens is 1760 g/mol. The standard InChI is InChI=1S/C32H25FN4O.C29H25FN4O.C27H23FN4O2.C27H23FN4O/c1-19-25-14-13-23-28(22-11-7-8-12-26(22)33)36-31(37-30(23)32(25,2)17-27(34-3)29(19)38)21-15-16-35-18-24(21)20-9-5-4-6-10-20;1-16-22-11-10-20-25(19-6-4-5-7-23(19)30)33-28(18-12-13-32-15-21(18)17-8-9-17)34-27(20)29(22,2)14-24(31-3)26(16)35;1-15-20-9-8-19-23(18-6-4-5-7-21(18)28)31-26(16-10-11-30-17(12-16)14-33)32-25(19)27(20,2)13-22(29-3)24(15)34;1-15-13-17(11-12-30-15)26-31-23(18-7-5-6-8-21(18)28)19-9-10-20-16(2)24(33)22(29-4)14-27(20,3)25(19)32-26/h4-12,15-19,25H,13-14H2,1-2H3;4-7,12-17,22H,8-11H2,1-2H3;4-7,10-13,15,20,33H,8-9,14H2,1-2H3;5-8,11-14,16,20H,9-10H2,1-3H3/t19-,25-,32-;16-,22-,29-;15-,20-,27-;16-,20-,27-/m1111/s1. The molecule has 13 aromatic rings. The van der Waals surface area contributed by atoms with E-state index >= 15 is 8.78 Å². The van der Waals surface area contributed by atoms with Gasteiger partial charge in [0.1, 0.15) is 23.3 Å². The SMILES string of the molecule is [C-]#[N+]C1=C[C@@]2(C)c3nc(-c4ccnc(C)c4)nc(-c4ccccc4F)c3CC[C@@H]2[C@@H](C)C1=O.[C-]#[N+]C1=C[C@@]2(C)c3nc(-c4ccnc(CO)c4)nc(-c4ccccc4F)c3CC[C@@H]2[C@@H](C)C1=O.[C-]#[N+]C1=C[C@@]2(C)c3nc(-c4ccncc4-c4ccccc4)nc(-c4ccccc4F)c3CC[C@@H]2[C@@H](C)C1=O.[C-]#[N+]C1=C[C@@]2(C)c3nc(-c4ccncc4C4CC4)nc(-c4ccccc4F)c3CC[C@@H]2[C@@H](C)C1=O. The predicted molar refractivity (Wildman–Crippen MR) is 523 cm³/mol. The first-order valence-electron chi connectivity index (χ1n) is 47.2. The number of hydrogen-bond donors (Lipinski definition) is 1. The van der Waals surface area contributed by atoms with Crippen LogP contribution in [0.5, 0.6) is 0 Å². The lowest BCUT2D eigenvalue weighted by Crippen LogP contribution is -2.46. The number of carbonyl (C=O) groups is 4. The van der Waals surface area contributed by atoms with Crippen LogP contribution in [0.15, 0.2) is 248 Å². The van der Waals surface area contributed by atoms with E-state index in [9.17, 15) is 33.1 Å². The molecule has 694 valence electrons. The number of Topliss-reactive ketones (excluding diaryl/α,β-unsaturated/α-hetero) is 4. The summed E-state index contributed by atoms with van der Waals surface area (Å²) in [7, 11) is 0. The van der Waals surface area contributed by atoms with Gasteiger partial charge in [0.05, 0.1) is 84.1 Å². The number of hydrogen-bond acceptors (Lipinski definition) is 17. The molecule has 0 amide bonds. The maximum Gasteiger partial charge on any atom is 0.226 e. The number of aromatic nitrogens is 12. The van der Waals surface area contributed by atoms with Gasteiger partial charge in [0.2, 0.25) is 22.8 Å². The van der Waals surface area contributed by atoms with Crippen LogP contribution in [0.2, 0.25) is 0 Å². The molecule has 22 rings (SSSR count). The highest BCUT2D eigenvalue weighted by atomic mass is 19.1. The number of allylic oxidation sites excluding steroid dienone is 8. The molecule has 9 aliphatic rings. The van der Waals surface area contributed by atoms with E-state index in [4.69, 9.17) is 66.2 Å². The summed E-state index contributed by atoms with van der Waals surface area (Å²) in [5.41, 5.74) is 15.9. The number of fused-ring (bicyclic) bond motifs is 12. The molecule has 0 spiro atoms. The number of pyridine rings is 4. The molecule has 0 saturated heterocycles. The topological polar surface area (TPSA) is 261 Å². The second kappa shape index (κ2) is 37.3. The van der Waals surface area contributed by atoms with Gasteiger partial charge in [0.25, 0.3) is 0 Å². The van der Waals surface area contributed by atoms with Crippen molar-refractivity contribution in [3.8, 4) is 102 Å². The first-order valence-corrected chi connectivity index (χ1v) is 47.2. The molecule has 21 nitrogen and oxygen atoms in total. The average Bonchev–Trinajstić information content (AvgIpc) is 0.978. The van der Waals surface area contributed by atoms with E-state index in [1.807, 2.05) is 115 Å². The highest BCUT2D eigenvalue weighted by Crippen LogP contribution is 2.58. The average molecular weight is 1860 g/mol. The third-order valence-corrected chi connectivity index (χ3v) is 30.4. The Balaban J connectivity index is 0.000000119. The molecular formula is C115H96F4N16O5. The summed E-state index contributed by atoms with van der Waals surface area (Å²) < 4.78 is 60.2. The normalized spacial score (nSPS) is 23.7. The number of ketones is 4. The van der Waals surface area contributed by atoms with Crippen molar-refractivity contribution in [3.05, 3.63) is 379 Å². The van der Waals surface area contributed by atoms with Crippen LogP contribution in [0, 0.1) is 104 Å². The fourth-order valence-corrected chi connectivity index (χ4v) is 23.1. The van der Waals surface area contributed by atoms with Gasteiger partial charge in [-0.05, 0) is 197 Å². The Labute approximate surface area is 808 Å². The molecule has 1 saturated carbocycles. The van der Waals surface area contributed by atoms with E-state index in [1.54, 1.807) is 134 Å². The third-order valence-electron chi connectivity index (χ3n) is 30.4. The summed E-state index contributed by atoms with van der Waals surface area (Å²) in [4.78, 5) is 122. The van der Waals surface area contributed by atoms with E-state index in [-0.39, 0.29) is 123 Å². The van der Waals surface area contributed by atoms with Gasteiger partial charge in [-0.2, -0.15) is 0 Å². The summed E-state index contributed by atoms with van der Waals surface area (Å²) >= 11 is 0. The molecule has 0 unspecified atom stereocenters. The van der Waals surface area contributed by atoms with Crippen LogP contribution in [0.1, 0.15) is 162 Å². The maximum absolute atomic E-state index is 15.2. The van der Waals surface area contributed by atoms with Crippen molar-refractivity contribution in [1.29, 1.82) is 0 Å². The zero-order chi connectivity index (χ0) is 98.1. The van der Waals surface area contributed by atoms with E-state index in [0.29, 0.717) is 118 Å². The fourth-order valence-electron chi connectivity index (χ4n) is 23.1. The Kier molecular flexibility index (Phi) is 24.9. The number of carbonyl (C=O) groups excluding carboxylic acids is 4. The second-order valence-corrected chi connectivity index (χ2v) is 38.6. The number of aliphatic hydroxyl groups excluding tert-OH is 1. The molecule has 9 aliphatic carbocycles. The minimum absolute atomic E-state index is 0.0124. The van der Waals surface area contributed by atoms with Crippen LogP contribution in [0.4, 0.5) is 17.6 Å². The van der Waals surface area contributed by atoms with Gasteiger partial charge in [-0.1, -0.05) is 159 Å². The number of rotatable bonds is 11. The Morgan fingerprint density at radius 2 is 0.671 bits per heavy atom. The number of nitrogens with zero attached hydrogens (tertiary/aromatic N) is 16. The lowest BCUT2D eigenvalue weighted by Gasteiger charge is -2.46. The zero-order valence-corrected chi connectivity index (χ0v) is 78.6. The van der Waals surface area contributed by atoms with Crippen LogP contribution >= 0.6 is 0 Å². The third kappa shape index (κ3) is 16.4. The molecule has 1 fully saturated rings. The van der Waals surface area contributed by atoms with Crippen molar-refractivity contribution in [2.45, 2.75) is 161 Å². The van der Waals surface area contributed by atoms with Crippen molar-refractivity contribution in [2.75, 3.05) is 0 Å². The van der Waals surface area contributed by atoms with Gasteiger partial charge in [-0.3, -0.25) is 19.9 Å². The van der Waals surface area contributed by atoms with E-state index in [1.165, 1.54) is 24.3 Å². The van der Waals surface area contributed by atoms with Crippen molar-refractivity contribution in [3.63, 3.8) is 0 Å². The van der Waals surface area contributed by atoms with E-state index in [2.05, 4.69) is 53.2 Å². The zero-order valence-electron chi connectivity index (χ0n) is 78.6. The lowest BCUT2D eigenvalue weighted by atomic mass is 9.58. The molecule has 8 aromatic heterocycles. The molecule has 0 radical (unpaired) electrons. The minimum atomic E-state index is -0.675.